The van der Waals surface area contributed by atoms with Gasteiger partial charge in [-0.15, -0.1) is 0 Å². The second-order valence-corrected chi connectivity index (χ2v) is 6.53. The van der Waals surface area contributed by atoms with Crippen LogP contribution in [0.3, 0.4) is 0 Å². The number of hydrogen-bond acceptors (Lipinski definition) is 6. The van der Waals surface area contributed by atoms with E-state index < -0.39 is 0 Å². The Labute approximate surface area is 156 Å². The van der Waals surface area contributed by atoms with Crippen LogP contribution in [-0.2, 0) is 19.5 Å². The highest BCUT2D eigenvalue weighted by molar-refractivity contribution is 5.54. The van der Waals surface area contributed by atoms with E-state index in [9.17, 15) is 9.90 Å². The minimum Gasteiger partial charge on any atom is -0.507 e. The van der Waals surface area contributed by atoms with Crippen LogP contribution >= 0.6 is 0 Å². The monoisotopic (exact) mass is 364 g/mol. The van der Waals surface area contributed by atoms with Crippen LogP contribution in [0, 0.1) is 0 Å². The zero-order chi connectivity index (χ0) is 18.8. The molecule has 0 saturated heterocycles. The number of fused-ring (bicyclic) bond motifs is 1. The van der Waals surface area contributed by atoms with E-state index >= 15 is 0 Å². The number of ether oxygens (including phenoxy) is 1. The lowest BCUT2D eigenvalue weighted by atomic mass is 10.0. The van der Waals surface area contributed by atoms with E-state index in [1.54, 1.807) is 25.6 Å². The molecule has 7 nitrogen and oxygen atoms in total. The molecular weight excluding hydrogens is 344 g/mol. The maximum atomic E-state index is 12.5. The second kappa shape index (κ2) is 7.20. The molecule has 0 bridgehead atoms. The first-order valence-corrected chi connectivity index (χ1v) is 8.75. The highest BCUT2D eigenvalue weighted by Crippen LogP contribution is 2.26. The second-order valence-electron chi connectivity index (χ2n) is 6.53. The summed E-state index contributed by atoms with van der Waals surface area (Å²) in [5, 5.41) is 10.2. The Morgan fingerprint density at radius 3 is 2.81 bits per heavy atom. The highest BCUT2D eigenvalue weighted by atomic mass is 16.5. The number of phenols is 1. The summed E-state index contributed by atoms with van der Waals surface area (Å²) >= 11 is 0. The summed E-state index contributed by atoms with van der Waals surface area (Å²) in [4.78, 5) is 26.2. The molecule has 1 aliphatic rings. The molecular formula is C20H20N4O3. The zero-order valence-electron chi connectivity index (χ0n) is 15.0. The Hall–Kier alpha value is -3.19. The molecule has 0 atom stereocenters. The van der Waals surface area contributed by atoms with E-state index in [-0.39, 0.29) is 11.3 Å². The number of hydrogen-bond donors (Lipinski definition) is 2. The molecule has 0 spiro atoms. The lowest BCUT2D eigenvalue weighted by Crippen LogP contribution is -2.35. The van der Waals surface area contributed by atoms with Gasteiger partial charge in [0.2, 0.25) is 0 Å². The summed E-state index contributed by atoms with van der Waals surface area (Å²) in [6.45, 7) is 1.87. The van der Waals surface area contributed by atoms with Crippen molar-refractivity contribution in [1.82, 2.24) is 19.9 Å². The van der Waals surface area contributed by atoms with Gasteiger partial charge in [-0.2, -0.15) is 0 Å². The van der Waals surface area contributed by atoms with Gasteiger partial charge in [0.15, 0.2) is 0 Å². The van der Waals surface area contributed by atoms with Gasteiger partial charge in [-0.05, 0) is 24.6 Å². The van der Waals surface area contributed by atoms with Crippen molar-refractivity contribution in [2.24, 2.45) is 0 Å². The predicted octanol–water partition coefficient (Wildman–Crippen LogP) is 2.10. The number of aromatic amines is 1. The van der Waals surface area contributed by atoms with E-state index in [2.05, 4.69) is 19.9 Å². The molecule has 0 aliphatic carbocycles. The van der Waals surface area contributed by atoms with Crippen LogP contribution < -0.4 is 10.3 Å². The van der Waals surface area contributed by atoms with E-state index in [0.29, 0.717) is 31.1 Å². The minimum absolute atomic E-state index is 0.0845. The number of methoxy groups -OCH3 is 1. The SMILES string of the molecule is COc1ccc(CN2CCc3c(nc(-c4ccncc4)[nH]c3=O)C2)c(O)c1. The Morgan fingerprint density at radius 2 is 2.07 bits per heavy atom. The Bertz CT molecular complexity index is 1020. The molecule has 3 heterocycles. The summed E-state index contributed by atoms with van der Waals surface area (Å²) in [5.41, 5.74) is 3.08. The van der Waals surface area contributed by atoms with Crippen LogP contribution in [0.1, 0.15) is 16.8 Å². The molecule has 0 unspecified atom stereocenters. The Balaban J connectivity index is 1.59. The van der Waals surface area contributed by atoms with Crippen LogP contribution in [0.5, 0.6) is 11.5 Å². The third-order valence-electron chi connectivity index (χ3n) is 4.79. The first-order valence-electron chi connectivity index (χ1n) is 8.75. The van der Waals surface area contributed by atoms with Crippen molar-refractivity contribution < 1.29 is 9.84 Å². The molecule has 138 valence electrons. The van der Waals surface area contributed by atoms with Gasteiger partial charge in [-0.1, -0.05) is 6.07 Å². The highest BCUT2D eigenvalue weighted by Gasteiger charge is 2.22. The lowest BCUT2D eigenvalue weighted by Gasteiger charge is -2.28. The fourth-order valence-corrected chi connectivity index (χ4v) is 3.32. The summed E-state index contributed by atoms with van der Waals surface area (Å²) in [6.07, 6.45) is 3.98. The van der Waals surface area contributed by atoms with Crippen LogP contribution in [-0.4, -0.2) is 38.6 Å². The van der Waals surface area contributed by atoms with Crippen molar-refractivity contribution in [2.75, 3.05) is 13.7 Å². The van der Waals surface area contributed by atoms with Gasteiger partial charge in [-0.3, -0.25) is 14.7 Å². The molecule has 3 aromatic rings. The Kier molecular flexibility index (Phi) is 4.60. The fraction of sp³-hybridized carbons (Fsp3) is 0.250. The van der Waals surface area contributed by atoms with Crippen molar-refractivity contribution >= 4 is 0 Å². The van der Waals surface area contributed by atoms with Crippen molar-refractivity contribution in [3.63, 3.8) is 0 Å². The smallest absolute Gasteiger partial charge is 0.254 e. The predicted molar refractivity (Wildman–Crippen MR) is 101 cm³/mol. The average Bonchev–Trinajstić information content (AvgIpc) is 2.70. The van der Waals surface area contributed by atoms with Gasteiger partial charge in [0.1, 0.15) is 17.3 Å². The number of nitrogens with one attached hydrogen (secondary N) is 1. The molecule has 27 heavy (non-hydrogen) atoms. The third-order valence-corrected chi connectivity index (χ3v) is 4.79. The van der Waals surface area contributed by atoms with Crippen LogP contribution in [0.15, 0.2) is 47.5 Å². The number of H-pyrrole nitrogens is 1. The van der Waals surface area contributed by atoms with E-state index in [4.69, 9.17) is 4.74 Å². The van der Waals surface area contributed by atoms with Crippen LogP contribution in [0.25, 0.3) is 11.4 Å². The molecule has 0 radical (unpaired) electrons. The largest absolute Gasteiger partial charge is 0.507 e. The van der Waals surface area contributed by atoms with Crippen LogP contribution in [0.4, 0.5) is 0 Å². The van der Waals surface area contributed by atoms with Crippen molar-refractivity contribution in [3.05, 3.63) is 69.9 Å². The molecule has 7 heteroatoms. The van der Waals surface area contributed by atoms with Gasteiger partial charge in [0.25, 0.3) is 5.56 Å². The summed E-state index contributed by atoms with van der Waals surface area (Å²) < 4.78 is 5.13. The van der Waals surface area contributed by atoms with Crippen molar-refractivity contribution in [2.45, 2.75) is 19.5 Å². The quantitative estimate of drug-likeness (QED) is 0.737. The molecule has 4 rings (SSSR count). The maximum absolute atomic E-state index is 12.5. The lowest BCUT2D eigenvalue weighted by molar-refractivity contribution is 0.237. The molecule has 0 fully saturated rings. The van der Waals surface area contributed by atoms with E-state index in [0.717, 1.165) is 28.9 Å². The number of aromatic nitrogens is 3. The normalized spacial score (nSPS) is 14.0. The summed E-state index contributed by atoms with van der Waals surface area (Å²) in [5.74, 6) is 1.38. The fourth-order valence-electron chi connectivity index (χ4n) is 3.32. The van der Waals surface area contributed by atoms with Gasteiger partial charge in [0, 0.05) is 54.8 Å². The van der Waals surface area contributed by atoms with Gasteiger partial charge < -0.3 is 14.8 Å². The molecule has 1 aliphatic heterocycles. The first kappa shape index (κ1) is 17.2. The summed E-state index contributed by atoms with van der Waals surface area (Å²) in [6, 6.07) is 8.94. The van der Waals surface area contributed by atoms with Crippen molar-refractivity contribution in [1.29, 1.82) is 0 Å². The van der Waals surface area contributed by atoms with E-state index in [1.165, 1.54) is 0 Å². The molecule has 1 aromatic carbocycles. The number of rotatable bonds is 4. The van der Waals surface area contributed by atoms with Crippen LogP contribution in [0.2, 0.25) is 0 Å². The minimum atomic E-state index is -0.0845. The number of benzene rings is 1. The van der Waals surface area contributed by atoms with Gasteiger partial charge >= 0.3 is 0 Å². The summed E-state index contributed by atoms with van der Waals surface area (Å²) in [7, 11) is 1.57. The molecule has 0 saturated carbocycles. The first-order chi connectivity index (χ1) is 13.1. The van der Waals surface area contributed by atoms with Gasteiger partial charge in [-0.25, -0.2) is 4.98 Å². The Morgan fingerprint density at radius 1 is 1.26 bits per heavy atom. The standard InChI is InChI=1S/C20H20N4O3/c1-27-15-3-2-14(18(25)10-15)11-24-9-6-16-17(12-24)22-19(23-20(16)26)13-4-7-21-8-5-13/h2-5,7-8,10,25H,6,9,11-12H2,1H3,(H,22,23,26). The number of aromatic hydroxyl groups is 1. The molecule has 0 amide bonds. The number of nitrogens with zero attached hydrogens (tertiary/aromatic N) is 3. The van der Waals surface area contributed by atoms with Crippen molar-refractivity contribution in [3.8, 4) is 22.9 Å². The molecule has 2 aromatic heterocycles. The van der Waals surface area contributed by atoms with Gasteiger partial charge in [0.05, 0.1) is 12.8 Å². The zero-order valence-corrected chi connectivity index (χ0v) is 15.0. The average molecular weight is 364 g/mol. The number of pyridine rings is 1. The molecule has 2 N–H and O–H groups in total. The topological polar surface area (TPSA) is 91.3 Å². The number of phenolic OH excluding ortho intramolecular Hbond substituents is 1. The van der Waals surface area contributed by atoms with E-state index in [1.807, 2.05) is 24.3 Å². The maximum Gasteiger partial charge on any atom is 0.254 e. The third kappa shape index (κ3) is 3.54.